The van der Waals surface area contributed by atoms with Crippen LogP contribution in [0.4, 0.5) is 0 Å². The fourth-order valence-electron chi connectivity index (χ4n) is 1.61. The van der Waals surface area contributed by atoms with E-state index in [2.05, 4.69) is 23.9 Å². The molecule has 0 aliphatic heterocycles. The summed E-state index contributed by atoms with van der Waals surface area (Å²) >= 11 is 0. The molecule has 22 heavy (non-hydrogen) atoms. The van der Waals surface area contributed by atoms with Gasteiger partial charge in [0.15, 0.2) is 0 Å². The zero-order valence-corrected chi connectivity index (χ0v) is 13.1. The quantitative estimate of drug-likeness (QED) is 0.205. The van der Waals surface area contributed by atoms with Gasteiger partial charge in [0.05, 0.1) is 6.61 Å². The Hall–Kier alpha value is -2.20. The van der Waals surface area contributed by atoms with Gasteiger partial charge >= 0.3 is 5.97 Å². The van der Waals surface area contributed by atoms with E-state index in [1.54, 1.807) is 12.1 Å². The van der Waals surface area contributed by atoms with Crippen molar-refractivity contribution in [3.8, 4) is 6.07 Å². The van der Waals surface area contributed by atoms with E-state index < -0.39 is 18.6 Å². The van der Waals surface area contributed by atoms with Gasteiger partial charge in [0.1, 0.15) is 24.3 Å². The molecule has 0 spiro atoms. The van der Waals surface area contributed by atoms with Crippen LogP contribution in [0.2, 0.25) is 0 Å². The fraction of sp³-hybridized carbons (Fsp3) is 0.600. The van der Waals surface area contributed by atoms with Gasteiger partial charge in [-0.2, -0.15) is 10.2 Å². The van der Waals surface area contributed by atoms with Crippen LogP contribution in [-0.4, -0.2) is 48.3 Å². The Balaban J connectivity index is 4.63. The summed E-state index contributed by atoms with van der Waals surface area (Å²) in [6.07, 6.45) is 6.81. The van der Waals surface area contributed by atoms with Crippen molar-refractivity contribution in [2.24, 2.45) is 5.18 Å². The van der Waals surface area contributed by atoms with Crippen LogP contribution in [0.3, 0.4) is 0 Å². The summed E-state index contributed by atoms with van der Waals surface area (Å²) in [7, 11) is 0. The van der Waals surface area contributed by atoms with E-state index in [1.165, 1.54) is 6.08 Å². The molecule has 1 atom stereocenters. The molecule has 0 fully saturated rings. The maximum atomic E-state index is 11.7. The minimum absolute atomic E-state index is 0.174. The monoisotopic (exact) mass is 309 g/mol. The van der Waals surface area contributed by atoms with Crippen LogP contribution in [0, 0.1) is 16.2 Å². The molecule has 0 saturated heterocycles. The number of hydrogen-bond donors (Lipinski definition) is 1. The highest BCUT2D eigenvalue weighted by atomic mass is 16.5. The molecule has 7 nitrogen and oxygen atoms in total. The minimum atomic E-state index is -1.01. The summed E-state index contributed by atoms with van der Waals surface area (Å²) in [6, 6.07) is 0.735. The summed E-state index contributed by atoms with van der Waals surface area (Å²) in [5.41, 5.74) is -0.174. The SMILES string of the molecule is CCCN(/C=C/C=C(\C#N)C(=O)OCC(CO)N=O)CCC. The van der Waals surface area contributed by atoms with Crippen LogP contribution in [0.25, 0.3) is 0 Å². The Bertz CT molecular complexity index is 435. The van der Waals surface area contributed by atoms with Gasteiger partial charge < -0.3 is 14.7 Å². The Labute approximate surface area is 130 Å². The van der Waals surface area contributed by atoms with Crippen molar-refractivity contribution in [1.82, 2.24) is 4.90 Å². The number of carbonyl (C=O) groups excluding carboxylic acids is 1. The van der Waals surface area contributed by atoms with E-state index in [4.69, 9.17) is 15.1 Å². The molecule has 0 aliphatic rings. The number of nitriles is 1. The third-order valence-corrected chi connectivity index (χ3v) is 2.69. The number of carbonyl (C=O) groups is 1. The Morgan fingerprint density at radius 2 is 2.05 bits per heavy atom. The maximum Gasteiger partial charge on any atom is 0.348 e. The largest absolute Gasteiger partial charge is 0.459 e. The van der Waals surface area contributed by atoms with Crippen LogP contribution in [0.1, 0.15) is 26.7 Å². The van der Waals surface area contributed by atoms with Crippen molar-refractivity contribution in [2.45, 2.75) is 32.7 Å². The minimum Gasteiger partial charge on any atom is -0.459 e. The van der Waals surface area contributed by atoms with Gasteiger partial charge in [0.25, 0.3) is 0 Å². The van der Waals surface area contributed by atoms with E-state index in [0.717, 1.165) is 25.9 Å². The average Bonchev–Trinajstić information content (AvgIpc) is 2.52. The molecule has 1 N–H and O–H groups in total. The second kappa shape index (κ2) is 12.5. The van der Waals surface area contributed by atoms with Crippen molar-refractivity contribution >= 4 is 5.97 Å². The molecule has 0 bridgehead atoms. The molecular formula is C15H23N3O4. The summed E-state index contributed by atoms with van der Waals surface area (Å²) < 4.78 is 4.76. The Morgan fingerprint density at radius 3 is 2.50 bits per heavy atom. The van der Waals surface area contributed by atoms with Crippen molar-refractivity contribution in [1.29, 1.82) is 5.26 Å². The van der Waals surface area contributed by atoms with E-state index in [0.29, 0.717) is 0 Å². The van der Waals surface area contributed by atoms with Gasteiger partial charge in [-0.3, -0.25) is 0 Å². The number of esters is 1. The third kappa shape index (κ3) is 8.17. The predicted molar refractivity (Wildman–Crippen MR) is 82.6 cm³/mol. The van der Waals surface area contributed by atoms with Gasteiger partial charge in [-0.15, -0.1) is 0 Å². The van der Waals surface area contributed by atoms with Crippen molar-refractivity contribution in [2.75, 3.05) is 26.3 Å². The second-order valence-electron chi connectivity index (χ2n) is 4.61. The first kappa shape index (κ1) is 19.8. The number of nitroso groups, excluding NO2 is 1. The van der Waals surface area contributed by atoms with Gasteiger partial charge in [0.2, 0.25) is 0 Å². The number of nitrogens with zero attached hydrogens (tertiary/aromatic N) is 3. The Morgan fingerprint density at radius 1 is 1.41 bits per heavy atom. The first-order chi connectivity index (χ1) is 10.6. The molecule has 0 heterocycles. The van der Waals surface area contributed by atoms with Gasteiger partial charge in [-0.1, -0.05) is 19.0 Å². The number of aliphatic hydroxyl groups is 1. The third-order valence-electron chi connectivity index (χ3n) is 2.69. The van der Waals surface area contributed by atoms with Crippen LogP contribution < -0.4 is 0 Å². The summed E-state index contributed by atoms with van der Waals surface area (Å²) in [4.78, 5) is 24.0. The fourth-order valence-corrected chi connectivity index (χ4v) is 1.61. The zero-order chi connectivity index (χ0) is 16.8. The lowest BCUT2D eigenvalue weighted by molar-refractivity contribution is -0.139. The molecule has 0 amide bonds. The van der Waals surface area contributed by atoms with Crippen LogP contribution in [-0.2, 0) is 9.53 Å². The van der Waals surface area contributed by atoms with Crippen LogP contribution in [0.5, 0.6) is 0 Å². The number of ether oxygens (including phenoxy) is 1. The number of hydrogen-bond acceptors (Lipinski definition) is 7. The highest BCUT2D eigenvalue weighted by Crippen LogP contribution is 2.01. The average molecular weight is 309 g/mol. The van der Waals surface area contributed by atoms with Crippen molar-refractivity contribution in [3.63, 3.8) is 0 Å². The highest BCUT2D eigenvalue weighted by molar-refractivity contribution is 5.93. The molecule has 7 heteroatoms. The van der Waals surface area contributed by atoms with Crippen molar-refractivity contribution < 1.29 is 14.6 Å². The van der Waals surface area contributed by atoms with E-state index >= 15 is 0 Å². The number of allylic oxidation sites excluding steroid dienone is 2. The lowest BCUT2D eigenvalue weighted by Crippen LogP contribution is -2.21. The molecule has 0 rings (SSSR count). The lowest BCUT2D eigenvalue weighted by Gasteiger charge is -2.17. The first-order valence-electron chi connectivity index (χ1n) is 7.25. The van der Waals surface area contributed by atoms with Gasteiger partial charge in [-0.05, 0) is 31.2 Å². The van der Waals surface area contributed by atoms with Crippen LogP contribution >= 0.6 is 0 Å². The maximum absolute atomic E-state index is 11.7. The summed E-state index contributed by atoms with van der Waals surface area (Å²) in [5.74, 6) is -0.841. The standard InChI is InChI=1S/C15H23N3O4/c1-3-7-18(8-4-2)9-5-6-13(10-16)15(20)22-12-14(11-19)17-21/h5-6,9,14,19H,3-4,7-8,11-12H2,1-2H3/b9-5+,13-6+. The smallest absolute Gasteiger partial charge is 0.348 e. The molecular weight excluding hydrogens is 286 g/mol. The topological polar surface area (TPSA) is 103 Å². The molecule has 0 saturated carbocycles. The molecule has 0 aliphatic carbocycles. The number of aliphatic hydroxyl groups excluding tert-OH is 1. The van der Waals surface area contributed by atoms with Crippen molar-refractivity contribution in [3.05, 3.63) is 28.8 Å². The highest BCUT2D eigenvalue weighted by Gasteiger charge is 2.14. The van der Waals surface area contributed by atoms with Gasteiger partial charge in [-0.25, -0.2) is 4.79 Å². The Kier molecular flexibility index (Phi) is 11.3. The summed E-state index contributed by atoms with van der Waals surface area (Å²) in [5, 5.41) is 20.3. The molecule has 0 radical (unpaired) electrons. The van der Waals surface area contributed by atoms with Gasteiger partial charge in [0, 0.05) is 13.1 Å². The molecule has 122 valence electrons. The summed E-state index contributed by atoms with van der Waals surface area (Å²) in [6.45, 7) is 5.08. The van der Waals surface area contributed by atoms with E-state index in [1.807, 2.05) is 6.20 Å². The lowest BCUT2D eigenvalue weighted by atomic mass is 10.2. The predicted octanol–water partition coefficient (Wildman–Crippen LogP) is 1.74. The first-order valence-corrected chi connectivity index (χ1v) is 7.25. The zero-order valence-electron chi connectivity index (χ0n) is 13.1. The van der Waals surface area contributed by atoms with E-state index in [-0.39, 0.29) is 12.2 Å². The van der Waals surface area contributed by atoms with E-state index in [9.17, 15) is 9.70 Å². The molecule has 0 aromatic rings. The normalized spacial score (nSPS) is 12.7. The molecule has 0 aromatic carbocycles. The second-order valence-corrected chi connectivity index (χ2v) is 4.61. The molecule has 0 aromatic heterocycles. The van der Waals surface area contributed by atoms with Crippen LogP contribution in [0.15, 0.2) is 29.1 Å². The number of rotatable bonds is 11. The molecule has 1 unspecified atom stereocenters.